The standard InChI is InChI=1S/C14H31N3O/c1-6-12(3)11-17(7-2)10-8-9-14(4,5)13(15)16-18/h12,18H,6-11H2,1-5H3,(H2,15,16). The molecule has 3 N–H and O–H groups in total. The van der Waals surface area contributed by atoms with Crippen molar-refractivity contribution in [2.45, 2.75) is 53.9 Å². The van der Waals surface area contributed by atoms with E-state index >= 15 is 0 Å². The maximum absolute atomic E-state index is 8.73. The Morgan fingerprint density at radius 1 is 1.39 bits per heavy atom. The maximum Gasteiger partial charge on any atom is 0.144 e. The molecule has 0 bridgehead atoms. The van der Waals surface area contributed by atoms with Gasteiger partial charge >= 0.3 is 0 Å². The minimum Gasteiger partial charge on any atom is -0.409 e. The molecular formula is C14H31N3O. The van der Waals surface area contributed by atoms with E-state index in [1.54, 1.807) is 0 Å². The molecule has 18 heavy (non-hydrogen) atoms. The van der Waals surface area contributed by atoms with Crippen LogP contribution in [0, 0.1) is 11.3 Å². The quantitative estimate of drug-likeness (QED) is 0.289. The van der Waals surface area contributed by atoms with Crippen LogP contribution in [0.1, 0.15) is 53.9 Å². The van der Waals surface area contributed by atoms with E-state index in [2.05, 4.69) is 30.8 Å². The average Bonchev–Trinajstić information content (AvgIpc) is 2.35. The third-order valence-electron chi connectivity index (χ3n) is 3.79. The number of rotatable bonds is 9. The summed E-state index contributed by atoms with van der Waals surface area (Å²) in [6.07, 6.45) is 3.25. The first-order valence-electron chi connectivity index (χ1n) is 7.07. The zero-order valence-electron chi connectivity index (χ0n) is 12.7. The second-order valence-electron chi connectivity index (χ2n) is 5.88. The fraction of sp³-hybridized carbons (Fsp3) is 0.929. The Balaban J connectivity index is 4.08. The molecule has 0 spiro atoms. The first-order chi connectivity index (χ1) is 8.37. The highest BCUT2D eigenvalue weighted by Crippen LogP contribution is 2.22. The summed E-state index contributed by atoms with van der Waals surface area (Å²) < 4.78 is 0. The van der Waals surface area contributed by atoms with Crippen LogP contribution in [-0.2, 0) is 0 Å². The lowest BCUT2D eigenvalue weighted by molar-refractivity contribution is 0.232. The van der Waals surface area contributed by atoms with Crippen molar-refractivity contribution in [2.24, 2.45) is 22.2 Å². The van der Waals surface area contributed by atoms with E-state index in [0.29, 0.717) is 5.84 Å². The van der Waals surface area contributed by atoms with Crippen LogP contribution in [0.15, 0.2) is 5.16 Å². The summed E-state index contributed by atoms with van der Waals surface area (Å²) in [4.78, 5) is 2.48. The van der Waals surface area contributed by atoms with Crippen LogP contribution in [0.2, 0.25) is 0 Å². The molecule has 1 atom stereocenters. The average molecular weight is 257 g/mol. The van der Waals surface area contributed by atoms with Gasteiger partial charge in [-0.3, -0.25) is 0 Å². The van der Waals surface area contributed by atoms with Crippen molar-refractivity contribution < 1.29 is 5.21 Å². The van der Waals surface area contributed by atoms with Gasteiger partial charge in [0.15, 0.2) is 0 Å². The topological polar surface area (TPSA) is 61.8 Å². The van der Waals surface area contributed by atoms with Gasteiger partial charge in [0.25, 0.3) is 0 Å². The predicted molar refractivity (Wildman–Crippen MR) is 78.0 cm³/mol. The molecule has 0 saturated carbocycles. The molecule has 0 aliphatic rings. The van der Waals surface area contributed by atoms with Crippen LogP contribution in [0.5, 0.6) is 0 Å². The van der Waals surface area contributed by atoms with Gasteiger partial charge in [0.2, 0.25) is 0 Å². The van der Waals surface area contributed by atoms with Crippen molar-refractivity contribution in [1.82, 2.24) is 4.90 Å². The first kappa shape index (κ1) is 17.2. The van der Waals surface area contributed by atoms with Crippen LogP contribution >= 0.6 is 0 Å². The van der Waals surface area contributed by atoms with Crippen LogP contribution in [-0.4, -0.2) is 35.6 Å². The fourth-order valence-electron chi connectivity index (χ4n) is 1.96. The van der Waals surface area contributed by atoms with Crippen molar-refractivity contribution in [2.75, 3.05) is 19.6 Å². The Labute approximate surface area is 112 Å². The maximum atomic E-state index is 8.73. The monoisotopic (exact) mass is 257 g/mol. The second kappa shape index (κ2) is 8.35. The van der Waals surface area contributed by atoms with Crippen molar-refractivity contribution in [3.8, 4) is 0 Å². The minimum absolute atomic E-state index is 0.218. The normalized spacial score (nSPS) is 15.1. The van der Waals surface area contributed by atoms with Crippen LogP contribution < -0.4 is 5.73 Å². The predicted octanol–water partition coefficient (Wildman–Crippen LogP) is 2.91. The molecule has 0 aromatic rings. The summed E-state index contributed by atoms with van der Waals surface area (Å²) in [5, 5.41) is 11.8. The summed E-state index contributed by atoms with van der Waals surface area (Å²) in [7, 11) is 0. The number of nitrogens with zero attached hydrogens (tertiary/aromatic N) is 2. The Bertz CT molecular complexity index is 251. The molecule has 0 amide bonds. The van der Waals surface area contributed by atoms with Crippen LogP contribution in [0.4, 0.5) is 0 Å². The van der Waals surface area contributed by atoms with Gasteiger partial charge in [-0.25, -0.2) is 0 Å². The lowest BCUT2D eigenvalue weighted by Crippen LogP contribution is -2.34. The smallest absolute Gasteiger partial charge is 0.144 e. The molecule has 0 radical (unpaired) electrons. The van der Waals surface area contributed by atoms with Gasteiger partial charge in [0.05, 0.1) is 0 Å². The molecule has 4 nitrogen and oxygen atoms in total. The van der Waals surface area contributed by atoms with Gasteiger partial charge in [0.1, 0.15) is 5.84 Å². The number of hydrogen-bond donors (Lipinski definition) is 2. The molecule has 1 unspecified atom stereocenters. The highest BCUT2D eigenvalue weighted by atomic mass is 16.4. The van der Waals surface area contributed by atoms with E-state index in [-0.39, 0.29) is 5.41 Å². The molecule has 0 saturated heterocycles. The summed E-state index contributed by atoms with van der Waals surface area (Å²) in [5.74, 6) is 1.08. The SMILES string of the molecule is CCC(C)CN(CC)CCCC(C)(C)C(N)=NO. The summed E-state index contributed by atoms with van der Waals surface area (Å²) in [6.45, 7) is 14.1. The molecule has 0 aliphatic carbocycles. The number of nitrogens with two attached hydrogens (primary N) is 1. The third kappa shape index (κ3) is 6.24. The van der Waals surface area contributed by atoms with Gasteiger partial charge in [-0.2, -0.15) is 0 Å². The van der Waals surface area contributed by atoms with Crippen molar-refractivity contribution >= 4 is 5.84 Å². The van der Waals surface area contributed by atoms with E-state index in [4.69, 9.17) is 10.9 Å². The second-order valence-corrected chi connectivity index (χ2v) is 5.88. The molecule has 0 aromatic heterocycles. The fourth-order valence-corrected chi connectivity index (χ4v) is 1.96. The van der Waals surface area contributed by atoms with E-state index < -0.39 is 0 Å². The molecule has 4 heteroatoms. The molecule has 0 heterocycles. The van der Waals surface area contributed by atoms with E-state index in [0.717, 1.165) is 38.4 Å². The van der Waals surface area contributed by atoms with Crippen LogP contribution in [0.25, 0.3) is 0 Å². The number of oxime groups is 1. The summed E-state index contributed by atoms with van der Waals surface area (Å²) in [5.41, 5.74) is 5.47. The van der Waals surface area contributed by atoms with Gasteiger partial charge < -0.3 is 15.8 Å². The molecule has 108 valence electrons. The Morgan fingerprint density at radius 2 is 2.00 bits per heavy atom. The summed E-state index contributed by atoms with van der Waals surface area (Å²) in [6, 6.07) is 0. The van der Waals surface area contributed by atoms with Gasteiger partial charge in [0, 0.05) is 12.0 Å². The zero-order valence-corrected chi connectivity index (χ0v) is 12.7. The van der Waals surface area contributed by atoms with E-state index in [1.807, 2.05) is 13.8 Å². The molecule has 0 rings (SSSR count). The van der Waals surface area contributed by atoms with Gasteiger partial charge in [-0.1, -0.05) is 46.2 Å². The Hall–Kier alpha value is -0.770. The number of hydrogen-bond acceptors (Lipinski definition) is 3. The van der Waals surface area contributed by atoms with Gasteiger partial charge in [-0.05, 0) is 31.8 Å². The van der Waals surface area contributed by atoms with E-state index in [1.165, 1.54) is 6.42 Å². The molecule has 0 aromatic carbocycles. The zero-order chi connectivity index (χ0) is 14.2. The van der Waals surface area contributed by atoms with Crippen molar-refractivity contribution in [3.05, 3.63) is 0 Å². The number of amidine groups is 1. The largest absolute Gasteiger partial charge is 0.409 e. The molecular weight excluding hydrogens is 226 g/mol. The molecule has 0 fully saturated rings. The lowest BCUT2D eigenvalue weighted by Gasteiger charge is -2.27. The third-order valence-corrected chi connectivity index (χ3v) is 3.79. The Kier molecular flexibility index (Phi) is 8.00. The van der Waals surface area contributed by atoms with Crippen LogP contribution in [0.3, 0.4) is 0 Å². The Morgan fingerprint density at radius 3 is 2.44 bits per heavy atom. The minimum atomic E-state index is -0.218. The van der Waals surface area contributed by atoms with Crippen molar-refractivity contribution in [3.63, 3.8) is 0 Å². The highest BCUT2D eigenvalue weighted by molar-refractivity contribution is 5.85. The lowest BCUT2D eigenvalue weighted by atomic mass is 9.86. The molecule has 0 aliphatic heterocycles. The van der Waals surface area contributed by atoms with E-state index in [9.17, 15) is 0 Å². The van der Waals surface area contributed by atoms with Crippen molar-refractivity contribution in [1.29, 1.82) is 0 Å². The highest BCUT2D eigenvalue weighted by Gasteiger charge is 2.23. The summed E-state index contributed by atoms with van der Waals surface area (Å²) >= 11 is 0. The first-order valence-corrected chi connectivity index (χ1v) is 7.07. The van der Waals surface area contributed by atoms with Gasteiger partial charge in [-0.15, -0.1) is 0 Å².